The number of carbonyl (C=O) groups excluding carboxylic acids is 1. The summed E-state index contributed by atoms with van der Waals surface area (Å²) in [5.41, 5.74) is 2.34. The summed E-state index contributed by atoms with van der Waals surface area (Å²) in [5, 5.41) is 0.903. The number of hydrogen-bond donors (Lipinski definition) is 1. The molecule has 0 bridgehead atoms. The molecule has 1 amide bonds. The summed E-state index contributed by atoms with van der Waals surface area (Å²) < 4.78 is 5.57. The molecule has 0 aliphatic heterocycles. The largest absolute Gasteiger partial charge is 0.443 e. The molecule has 5 nitrogen and oxygen atoms in total. The van der Waals surface area contributed by atoms with Gasteiger partial charge in [0.1, 0.15) is 5.60 Å². The predicted molar refractivity (Wildman–Crippen MR) is 111 cm³/mol. The molecule has 3 rings (SSSR count). The second-order valence-corrected chi connectivity index (χ2v) is 8.31. The quantitative estimate of drug-likeness (QED) is 0.452. The second kappa shape index (κ2) is 8.48. The number of nitrogens with one attached hydrogen (secondary N) is 1. The van der Waals surface area contributed by atoms with Crippen LogP contribution in [0.3, 0.4) is 0 Å². The molecule has 0 saturated carbocycles. The van der Waals surface area contributed by atoms with E-state index in [1.807, 2.05) is 75.4 Å². The lowest BCUT2D eigenvalue weighted by molar-refractivity contribution is 0.0580. The Kier molecular flexibility index (Phi) is 6.06. The summed E-state index contributed by atoms with van der Waals surface area (Å²) in [5.74, 6) is 0.853. The molecular weight excluding hydrogens is 358 g/mol. The first-order valence-electron chi connectivity index (χ1n) is 9.05. The fourth-order valence-electron chi connectivity index (χ4n) is 2.64. The van der Waals surface area contributed by atoms with E-state index in [1.54, 1.807) is 16.7 Å². The van der Waals surface area contributed by atoms with Crippen LogP contribution in [0.25, 0.3) is 11.0 Å². The fourth-order valence-corrected chi connectivity index (χ4v) is 3.45. The van der Waals surface area contributed by atoms with Crippen molar-refractivity contribution in [3.63, 3.8) is 0 Å². The number of ether oxygens (including phenoxy) is 1. The molecule has 1 aromatic heterocycles. The van der Waals surface area contributed by atoms with Crippen LogP contribution in [0, 0.1) is 0 Å². The van der Waals surface area contributed by atoms with Gasteiger partial charge in [0.05, 0.1) is 11.0 Å². The Balaban J connectivity index is 1.59. The van der Waals surface area contributed by atoms with E-state index in [4.69, 9.17) is 4.74 Å². The lowest BCUT2D eigenvalue weighted by Crippen LogP contribution is -2.37. The topological polar surface area (TPSA) is 58.2 Å². The van der Waals surface area contributed by atoms with Gasteiger partial charge in [0.15, 0.2) is 5.16 Å². The van der Waals surface area contributed by atoms with Crippen LogP contribution in [0.2, 0.25) is 0 Å². The van der Waals surface area contributed by atoms with E-state index >= 15 is 0 Å². The highest BCUT2D eigenvalue weighted by atomic mass is 32.2. The normalized spacial score (nSPS) is 11.5. The van der Waals surface area contributed by atoms with Crippen LogP contribution in [0.4, 0.5) is 10.5 Å². The van der Waals surface area contributed by atoms with Gasteiger partial charge in [-0.2, -0.15) is 0 Å². The summed E-state index contributed by atoms with van der Waals surface area (Å²) in [4.78, 5) is 22.2. The smallest absolute Gasteiger partial charge is 0.414 e. The van der Waals surface area contributed by atoms with Crippen LogP contribution in [-0.4, -0.2) is 34.0 Å². The van der Waals surface area contributed by atoms with Crippen molar-refractivity contribution in [3.05, 3.63) is 54.6 Å². The Hall–Kier alpha value is -2.47. The zero-order chi connectivity index (χ0) is 19.3. The fraction of sp³-hybridized carbons (Fsp3) is 0.333. The zero-order valence-corrected chi connectivity index (χ0v) is 16.8. The van der Waals surface area contributed by atoms with Crippen molar-refractivity contribution in [2.45, 2.75) is 37.9 Å². The molecule has 142 valence electrons. The molecule has 2 aromatic carbocycles. The summed E-state index contributed by atoms with van der Waals surface area (Å²) in [6.07, 6.45) is 0.512. The Morgan fingerprint density at radius 1 is 1.11 bits per heavy atom. The molecule has 0 fully saturated rings. The first kappa shape index (κ1) is 19.3. The van der Waals surface area contributed by atoms with Crippen LogP contribution in [-0.2, 0) is 4.74 Å². The number of nitrogens with zero attached hydrogens (tertiary/aromatic N) is 2. The van der Waals surface area contributed by atoms with Gasteiger partial charge in [-0.1, -0.05) is 42.1 Å². The van der Waals surface area contributed by atoms with Crippen LogP contribution >= 0.6 is 11.8 Å². The summed E-state index contributed by atoms with van der Waals surface area (Å²) in [6.45, 7) is 6.23. The highest BCUT2D eigenvalue weighted by molar-refractivity contribution is 7.99. The van der Waals surface area contributed by atoms with E-state index < -0.39 is 5.60 Å². The summed E-state index contributed by atoms with van der Waals surface area (Å²) >= 11 is 1.66. The average molecular weight is 384 g/mol. The molecule has 0 aliphatic carbocycles. The maximum Gasteiger partial charge on any atom is 0.414 e. The Bertz CT molecular complexity index is 854. The second-order valence-electron chi connectivity index (χ2n) is 7.23. The molecule has 27 heavy (non-hydrogen) atoms. The molecule has 0 atom stereocenters. The number of hydrogen-bond acceptors (Lipinski definition) is 4. The molecule has 0 unspecified atom stereocenters. The van der Waals surface area contributed by atoms with Gasteiger partial charge >= 0.3 is 6.09 Å². The molecular formula is C21H25N3O2S. The van der Waals surface area contributed by atoms with E-state index in [2.05, 4.69) is 9.97 Å². The third kappa shape index (κ3) is 5.50. The van der Waals surface area contributed by atoms with Gasteiger partial charge in [-0.15, -0.1) is 0 Å². The lowest BCUT2D eigenvalue weighted by Gasteiger charge is -2.27. The number of amides is 1. The Labute approximate surface area is 164 Å². The van der Waals surface area contributed by atoms with Gasteiger partial charge in [0.25, 0.3) is 0 Å². The van der Waals surface area contributed by atoms with Crippen LogP contribution in [0.15, 0.2) is 59.8 Å². The minimum Gasteiger partial charge on any atom is -0.443 e. The highest BCUT2D eigenvalue weighted by Gasteiger charge is 2.23. The number of anilines is 1. The third-order valence-corrected chi connectivity index (χ3v) is 4.77. The van der Waals surface area contributed by atoms with Gasteiger partial charge in [0, 0.05) is 18.0 Å². The van der Waals surface area contributed by atoms with Gasteiger partial charge in [-0.05, 0) is 51.5 Å². The van der Waals surface area contributed by atoms with Crippen LogP contribution in [0.1, 0.15) is 27.2 Å². The molecule has 0 saturated heterocycles. The predicted octanol–water partition coefficient (Wildman–Crippen LogP) is 5.49. The molecule has 0 aliphatic rings. The number of aromatic amines is 1. The molecule has 0 spiro atoms. The Morgan fingerprint density at radius 3 is 2.52 bits per heavy atom. The summed E-state index contributed by atoms with van der Waals surface area (Å²) in [6, 6.07) is 17.6. The number of para-hydroxylation sites is 3. The van der Waals surface area contributed by atoms with Crippen molar-refractivity contribution < 1.29 is 9.53 Å². The summed E-state index contributed by atoms with van der Waals surface area (Å²) in [7, 11) is 0. The maximum absolute atomic E-state index is 12.6. The molecule has 6 heteroatoms. The number of benzene rings is 2. The minimum atomic E-state index is -0.521. The van der Waals surface area contributed by atoms with E-state index in [1.165, 1.54) is 0 Å². The van der Waals surface area contributed by atoms with E-state index in [0.717, 1.165) is 34.1 Å². The van der Waals surface area contributed by atoms with Crippen molar-refractivity contribution in [1.29, 1.82) is 0 Å². The minimum absolute atomic E-state index is 0.317. The standard InChI is InChI=1S/C21H25N3O2S/c1-21(2,3)26-20(25)24(16-10-5-4-6-11-16)14-9-15-27-19-22-17-12-7-8-13-18(17)23-19/h4-8,10-13H,9,14-15H2,1-3H3,(H,22,23). The number of fused-ring (bicyclic) bond motifs is 1. The number of rotatable bonds is 6. The van der Waals surface area contributed by atoms with Crippen molar-refractivity contribution in [3.8, 4) is 0 Å². The van der Waals surface area contributed by atoms with Crippen LogP contribution < -0.4 is 4.90 Å². The van der Waals surface area contributed by atoms with E-state index in [9.17, 15) is 4.79 Å². The molecule has 1 heterocycles. The van der Waals surface area contributed by atoms with Crippen molar-refractivity contribution >= 4 is 34.6 Å². The van der Waals surface area contributed by atoms with E-state index in [-0.39, 0.29) is 6.09 Å². The number of thioether (sulfide) groups is 1. The van der Waals surface area contributed by atoms with Gasteiger partial charge < -0.3 is 9.72 Å². The van der Waals surface area contributed by atoms with Gasteiger partial charge in [-0.25, -0.2) is 9.78 Å². The van der Waals surface area contributed by atoms with Crippen LogP contribution in [0.5, 0.6) is 0 Å². The monoisotopic (exact) mass is 383 g/mol. The van der Waals surface area contributed by atoms with Gasteiger partial charge in [0.2, 0.25) is 0 Å². The number of imidazole rings is 1. The van der Waals surface area contributed by atoms with Crippen molar-refractivity contribution in [1.82, 2.24) is 9.97 Å². The van der Waals surface area contributed by atoms with E-state index in [0.29, 0.717) is 6.54 Å². The molecule has 0 radical (unpaired) electrons. The SMILES string of the molecule is CC(C)(C)OC(=O)N(CCCSc1nc2ccccc2[nH]1)c1ccccc1. The first-order chi connectivity index (χ1) is 12.9. The Morgan fingerprint density at radius 2 is 1.81 bits per heavy atom. The first-order valence-corrected chi connectivity index (χ1v) is 10.0. The molecule has 3 aromatic rings. The highest BCUT2D eigenvalue weighted by Crippen LogP contribution is 2.22. The van der Waals surface area contributed by atoms with Crippen molar-refractivity contribution in [2.24, 2.45) is 0 Å². The number of carbonyl (C=O) groups is 1. The number of aromatic nitrogens is 2. The zero-order valence-electron chi connectivity index (χ0n) is 15.9. The van der Waals surface area contributed by atoms with Crippen molar-refractivity contribution in [2.75, 3.05) is 17.2 Å². The van der Waals surface area contributed by atoms with Gasteiger partial charge in [-0.3, -0.25) is 4.90 Å². The third-order valence-electron chi connectivity index (χ3n) is 3.81. The lowest BCUT2D eigenvalue weighted by atomic mass is 10.2. The average Bonchev–Trinajstić information content (AvgIpc) is 3.03. The number of H-pyrrole nitrogens is 1. The molecule has 1 N–H and O–H groups in total. The maximum atomic E-state index is 12.6.